The predicted octanol–water partition coefficient (Wildman–Crippen LogP) is 2.97. The fourth-order valence-electron chi connectivity index (χ4n) is 3.57. The Balaban J connectivity index is 1.76. The summed E-state index contributed by atoms with van der Waals surface area (Å²) in [4.78, 5) is 13.1. The molecule has 4 rings (SSSR count). The number of fused-ring (bicyclic) bond motifs is 2. The van der Waals surface area contributed by atoms with Gasteiger partial charge in [-0.3, -0.25) is 4.79 Å². The number of benzene rings is 1. The Morgan fingerprint density at radius 3 is 3.13 bits per heavy atom. The van der Waals surface area contributed by atoms with Gasteiger partial charge in [0.25, 0.3) is 5.91 Å². The fourth-order valence-corrected chi connectivity index (χ4v) is 3.57. The third kappa shape index (κ3) is 2.15. The van der Waals surface area contributed by atoms with Crippen molar-refractivity contribution in [1.82, 2.24) is 9.78 Å². The third-order valence-electron chi connectivity index (χ3n) is 4.79. The van der Waals surface area contributed by atoms with E-state index in [9.17, 15) is 4.79 Å². The van der Waals surface area contributed by atoms with Gasteiger partial charge in [0.15, 0.2) is 0 Å². The van der Waals surface area contributed by atoms with Crippen LogP contribution in [0.3, 0.4) is 0 Å². The van der Waals surface area contributed by atoms with Crippen LogP contribution in [-0.2, 0) is 6.42 Å². The number of rotatable bonds is 1. The Labute approximate surface area is 135 Å². The van der Waals surface area contributed by atoms with E-state index in [-0.39, 0.29) is 11.8 Å². The molecule has 1 aromatic heterocycles. The molecule has 0 unspecified atom stereocenters. The number of aromatic nitrogens is 2. The van der Waals surface area contributed by atoms with Crippen LogP contribution < -0.4 is 11.1 Å². The molecule has 2 aliphatic rings. The monoisotopic (exact) mass is 308 g/mol. The van der Waals surface area contributed by atoms with Crippen LogP contribution >= 0.6 is 0 Å². The number of nitrogens with two attached hydrogens (primary N) is 1. The van der Waals surface area contributed by atoms with Crippen molar-refractivity contribution in [2.45, 2.75) is 32.1 Å². The van der Waals surface area contributed by atoms with Gasteiger partial charge in [0.1, 0.15) is 5.82 Å². The molecule has 0 spiro atoms. The molecule has 0 saturated heterocycles. The van der Waals surface area contributed by atoms with Gasteiger partial charge in [0.2, 0.25) is 0 Å². The molecule has 0 saturated carbocycles. The Kier molecular flexibility index (Phi) is 3.22. The summed E-state index contributed by atoms with van der Waals surface area (Å²) in [6.45, 7) is 2.85. The summed E-state index contributed by atoms with van der Waals surface area (Å²) >= 11 is 0. The molecule has 0 fully saturated rings. The van der Waals surface area contributed by atoms with E-state index < -0.39 is 0 Å². The number of nitrogens with zero attached hydrogens (tertiary/aromatic N) is 2. The summed E-state index contributed by atoms with van der Waals surface area (Å²) < 4.78 is 1.42. The van der Waals surface area contributed by atoms with Crippen molar-refractivity contribution in [3.8, 4) is 0 Å². The van der Waals surface area contributed by atoms with E-state index in [4.69, 9.17) is 5.73 Å². The second kappa shape index (κ2) is 5.26. The molecule has 3 N–H and O–H groups in total. The van der Waals surface area contributed by atoms with Gasteiger partial charge in [-0.15, -0.1) is 0 Å². The van der Waals surface area contributed by atoms with Crippen molar-refractivity contribution in [3.05, 3.63) is 46.7 Å². The van der Waals surface area contributed by atoms with Crippen molar-refractivity contribution in [2.75, 3.05) is 17.6 Å². The lowest BCUT2D eigenvalue weighted by atomic mass is 9.88. The number of carbonyl (C=O) groups is 1. The van der Waals surface area contributed by atoms with Crippen LogP contribution in [-0.4, -0.2) is 22.2 Å². The van der Waals surface area contributed by atoms with E-state index in [0.29, 0.717) is 5.82 Å². The Hall–Kier alpha value is -2.56. The summed E-state index contributed by atoms with van der Waals surface area (Å²) in [5.41, 5.74) is 11.3. The third-order valence-corrected chi connectivity index (χ3v) is 4.79. The molecule has 2 heterocycles. The molecule has 5 heteroatoms. The highest BCUT2D eigenvalue weighted by molar-refractivity contribution is 5.91. The zero-order chi connectivity index (χ0) is 16.0. The molecular formula is C18H20N4O. The Morgan fingerprint density at radius 1 is 1.43 bits per heavy atom. The number of carbonyl (C=O) groups excluding carboxylic acids is 1. The second-order valence-electron chi connectivity index (χ2n) is 6.24. The largest absolute Gasteiger partial charge is 0.385 e. The highest BCUT2D eigenvalue weighted by Gasteiger charge is 2.31. The normalized spacial score (nSPS) is 18.9. The summed E-state index contributed by atoms with van der Waals surface area (Å²) in [7, 11) is 0. The quantitative estimate of drug-likeness (QED) is 0.849. The molecule has 23 heavy (non-hydrogen) atoms. The minimum atomic E-state index is -0.196. The minimum Gasteiger partial charge on any atom is -0.385 e. The molecule has 118 valence electrons. The lowest BCUT2D eigenvalue weighted by Gasteiger charge is -2.27. The predicted molar refractivity (Wildman–Crippen MR) is 91.6 cm³/mol. The maximum absolute atomic E-state index is 13.1. The molecule has 0 amide bonds. The highest BCUT2D eigenvalue weighted by Crippen LogP contribution is 2.36. The minimum absolute atomic E-state index is 0.0290. The lowest BCUT2D eigenvalue weighted by Crippen LogP contribution is -2.28. The molecule has 5 nitrogen and oxygen atoms in total. The number of allylic oxidation sites excluding steroid dienone is 1. The van der Waals surface area contributed by atoms with Gasteiger partial charge in [-0.1, -0.05) is 30.4 Å². The maximum atomic E-state index is 13.1. The molecular weight excluding hydrogens is 288 g/mol. The summed E-state index contributed by atoms with van der Waals surface area (Å²) in [6, 6.07) is 6.09. The van der Waals surface area contributed by atoms with Gasteiger partial charge in [-0.2, -0.15) is 9.78 Å². The van der Waals surface area contributed by atoms with Crippen LogP contribution in [0.1, 0.15) is 45.9 Å². The summed E-state index contributed by atoms with van der Waals surface area (Å²) in [5, 5.41) is 7.90. The number of nitrogen functional groups attached to an aromatic ring is 1. The van der Waals surface area contributed by atoms with Gasteiger partial charge in [0.05, 0.1) is 11.6 Å². The van der Waals surface area contributed by atoms with Gasteiger partial charge in [-0.05, 0) is 37.3 Å². The topological polar surface area (TPSA) is 72.9 Å². The number of anilines is 2. The van der Waals surface area contributed by atoms with E-state index >= 15 is 0 Å². The first kappa shape index (κ1) is 14.1. The average molecular weight is 308 g/mol. The van der Waals surface area contributed by atoms with Crippen LogP contribution in [0.25, 0.3) is 6.08 Å². The fraction of sp³-hybridized carbons (Fsp3) is 0.333. The van der Waals surface area contributed by atoms with Crippen LogP contribution in [0.15, 0.2) is 24.3 Å². The second-order valence-corrected chi connectivity index (χ2v) is 6.24. The van der Waals surface area contributed by atoms with Crippen molar-refractivity contribution in [3.63, 3.8) is 0 Å². The van der Waals surface area contributed by atoms with Crippen molar-refractivity contribution in [1.29, 1.82) is 0 Å². The van der Waals surface area contributed by atoms with E-state index in [0.717, 1.165) is 53.9 Å². The zero-order valence-electron chi connectivity index (χ0n) is 13.2. The molecule has 1 aromatic carbocycles. The molecule has 0 radical (unpaired) electrons. The van der Waals surface area contributed by atoms with E-state index in [1.54, 1.807) is 0 Å². The molecule has 1 atom stereocenters. The molecule has 1 aliphatic carbocycles. The first-order valence-corrected chi connectivity index (χ1v) is 8.08. The zero-order valence-corrected chi connectivity index (χ0v) is 13.2. The first-order valence-electron chi connectivity index (χ1n) is 8.08. The van der Waals surface area contributed by atoms with Crippen LogP contribution in [0, 0.1) is 6.92 Å². The maximum Gasteiger partial charge on any atom is 0.256 e. The summed E-state index contributed by atoms with van der Waals surface area (Å²) in [5.74, 6) is 0.242. The van der Waals surface area contributed by atoms with E-state index in [1.807, 2.05) is 18.2 Å². The van der Waals surface area contributed by atoms with Gasteiger partial charge in [-0.25, -0.2) is 0 Å². The smallest absolute Gasteiger partial charge is 0.256 e. The van der Waals surface area contributed by atoms with Crippen molar-refractivity contribution < 1.29 is 4.79 Å². The molecule has 1 aliphatic heterocycles. The Bertz CT molecular complexity index is 819. The number of para-hydroxylation sites is 1. The van der Waals surface area contributed by atoms with E-state index in [1.165, 1.54) is 4.68 Å². The van der Waals surface area contributed by atoms with Crippen LogP contribution in [0.4, 0.5) is 11.5 Å². The lowest BCUT2D eigenvalue weighted by molar-refractivity contribution is 0.0859. The Morgan fingerprint density at radius 2 is 2.30 bits per heavy atom. The molecule has 0 bridgehead atoms. The first-order chi connectivity index (χ1) is 11.2. The molecule has 2 aromatic rings. The number of hydrogen-bond acceptors (Lipinski definition) is 4. The van der Waals surface area contributed by atoms with Crippen molar-refractivity contribution >= 4 is 23.5 Å². The number of aryl methyl sites for hydroxylation is 2. The van der Waals surface area contributed by atoms with Crippen molar-refractivity contribution in [2.24, 2.45) is 0 Å². The van der Waals surface area contributed by atoms with Crippen LogP contribution in [0.5, 0.6) is 0 Å². The summed E-state index contributed by atoms with van der Waals surface area (Å²) in [6.07, 6.45) is 6.62. The number of hydrogen-bond donors (Lipinski definition) is 2. The standard InChI is InChI=1S/C18H20N4O/c1-11-5-4-7-12-13(9-10-20-16(11)12)18(23)22-17(19)14-6-2-3-8-15(14)21-22/h2,4-7,13,20H,3,8-10,19H2,1H3/t13-/m1/s1. The van der Waals surface area contributed by atoms with Gasteiger partial charge >= 0.3 is 0 Å². The van der Waals surface area contributed by atoms with E-state index in [2.05, 4.69) is 29.5 Å². The number of nitrogens with one attached hydrogen (secondary N) is 1. The van der Waals surface area contributed by atoms with Gasteiger partial charge in [0, 0.05) is 17.8 Å². The van der Waals surface area contributed by atoms with Crippen LogP contribution in [0.2, 0.25) is 0 Å². The average Bonchev–Trinajstić information content (AvgIpc) is 2.92. The van der Waals surface area contributed by atoms with Gasteiger partial charge < -0.3 is 11.1 Å². The SMILES string of the molecule is Cc1cccc2c1NCC[C@H]2C(=O)n1nc2c(c1N)C=CCC2. The highest BCUT2D eigenvalue weighted by atomic mass is 16.2.